The highest BCUT2D eigenvalue weighted by Gasteiger charge is 2.27. The molecule has 0 spiro atoms. The van der Waals surface area contributed by atoms with Crippen LogP contribution in [0.25, 0.3) is 0 Å². The molecule has 0 rings (SSSR count). The van der Waals surface area contributed by atoms with Crippen molar-refractivity contribution in [3.63, 3.8) is 0 Å². The Balaban J connectivity index is 4.67. The van der Waals surface area contributed by atoms with Crippen LogP contribution in [0, 0.1) is 11.3 Å². The Hall–Kier alpha value is -0.470. The second-order valence-electron chi connectivity index (χ2n) is 5.51. The molecule has 0 heterocycles. The molecule has 0 bridgehead atoms. The van der Waals surface area contributed by atoms with Crippen LogP contribution in [0.1, 0.15) is 40.5 Å². The summed E-state index contributed by atoms with van der Waals surface area (Å²) in [6.07, 6.45) is 4.44. The minimum absolute atomic E-state index is 0.244. The highest BCUT2D eigenvalue weighted by molar-refractivity contribution is 7.53. The molecular weight excluding hydrogens is 350 g/mol. The number of hydrogen-bond donors (Lipinski definition) is 0. The summed E-state index contributed by atoms with van der Waals surface area (Å²) in [5.74, 6) is 0. The zero-order valence-corrected chi connectivity index (χ0v) is 17.3. The summed E-state index contributed by atoms with van der Waals surface area (Å²) in [4.78, 5) is 0. The molecule has 0 aromatic heterocycles. The van der Waals surface area contributed by atoms with Gasteiger partial charge in [0.2, 0.25) is 0 Å². The summed E-state index contributed by atoms with van der Waals surface area (Å²) >= 11 is 0. The Morgan fingerprint density at radius 3 is 2.25 bits per heavy atom. The fourth-order valence-electron chi connectivity index (χ4n) is 1.95. The molecule has 7 nitrogen and oxygen atoms in total. The van der Waals surface area contributed by atoms with Crippen LogP contribution in [-0.4, -0.2) is 43.7 Å². The molecule has 0 saturated heterocycles. The Bertz CT molecular complexity index is 436. The Morgan fingerprint density at radius 1 is 1.21 bits per heavy atom. The third-order valence-electron chi connectivity index (χ3n) is 3.04. The van der Waals surface area contributed by atoms with E-state index < -0.39 is 16.1 Å². The maximum Gasteiger partial charge on any atom is 0.330 e. The molecule has 0 amide bonds. The second kappa shape index (κ2) is 12.8. The van der Waals surface area contributed by atoms with Crippen LogP contribution < -0.4 is 0 Å². The number of hydrogen-bond acceptors (Lipinski definition) is 7. The van der Waals surface area contributed by atoms with E-state index in [1.807, 2.05) is 0 Å². The van der Waals surface area contributed by atoms with Gasteiger partial charge >= 0.3 is 16.1 Å². The quantitative estimate of drug-likeness (QED) is 0.261. The van der Waals surface area contributed by atoms with Gasteiger partial charge in [-0.25, -0.2) is 4.67 Å². The molecule has 0 aliphatic heterocycles. The molecule has 0 radical (unpaired) electrons. The highest BCUT2D eigenvalue weighted by atomic mass is 31.2. The second-order valence-corrected chi connectivity index (χ2v) is 9.32. The Labute approximate surface area is 147 Å². The van der Waals surface area contributed by atoms with Gasteiger partial charge in [-0.1, -0.05) is 0 Å². The minimum Gasteiger partial charge on any atom is -0.444 e. The molecule has 1 unspecified atom stereocenters. The molecule has 0 aliphatic rings. The first-order valence-electron chi connectivity index (χ1n) is 7.91. The monoisotopic (exact) mass is 380 g/mol. The van der Waals surface area contributed by atoms with Crippen molar-refractivity contribution < 1.29 is 22.7 Å². The predicted molar refractivity (Wildman–Crippen MR) is 96.5 cm³/mol. The average molecular weight is 380 g/mol. The first kappa shape index (κ1) is 23.5. The van der Waals surface area contributed by atoms with Gasteiger partial charge in [-0.15, -0.1) is 0 Å². The zero-order chi connectivity index (χ0) is 18.6. The van der Waals surface area contributed by atoms with Crippen molar-refractivity contribution in [1.29, 1.82) is 5.26 Å². The maximum atomic E-state index is 11.9. The van der Waals surface area contributed by atoms with Gasteiger partial charge in [0.25, 0.3) is 0 Å². The molecule has 140 valence electrons. The van der Waals surface area contributed by atoms with Crippen molar-refractivity contribution in [3.05, 3.63) is 12.3 Å². The van der Waals surface area contributed by atoms with E-state index in [0.29, 0.717) is 19.4 Å². The number of nitrogens with zero attached hydrogens (tertiary/aromatic N) is 2. The normalized spacial score (nSPS) is 13.8. The largest absolute Gasteiger partial charge is 0.444 e. The standard InChI is InChI=1S/C15H30N2O5P2/c1-14(2)17(15(3)4)23(22-12-9-10-16)21-11-7-8-13-24(18,19-5)20-6/h7,11,14-15H,8-9,12-13H2,1-6H3/b11-7+. The molecule has 0 N–H and O–H groups in total. The van der Waals surface area contributed by atoms with Crippen LogP contribution in [-0.2, 0) is 22.7 Å². The van der Waals surface area contributed by atoms with E-state index in [2.05, 4.69) is 38.4 Å². The van der Waals surface area contributed by atoms with Crippen molar-refractivity contribution in [2.24, 2.45) is 0 Å². The minimum atomic E-state index is -3.00. The molecule has 24 heavy (non-hydrogen) atoms. The molecule has 0 aromatic carbocycles. The van der Waals surface area contributed by atoms with Gasteiger partial charge in [0.15, 0.2) is 0 Å². The number of nitriles is 1. The summed E-state index contributed by atoms with van der Waals surface area (Å²) in [7, 11) is -1.56. The summed E-state index contributed by atoms with van der Waals surface area (Å²) in [5, 5.41) is 8.66. The van der Waals surface area contributed by atoms with Gasteiger partial charge in [0, 0.05) is 26.3 Å². The Kier molecular flexibility index (Phi) is 12.6. The van der Waals surface area contributed by atoms with E-state index in [4.69, 9.17) is 23.4 Å². The third-order valence-corrected chi connectivity index (χ3v) is 6.96. The lowest BCUT2D eigenvalue weighted by Gasteiger charge is -2.34. The van der Waals surface area contributed by atoms with E-state index >= 15 is 0 Å². The molecule has 0 aromatic rings. The molecule has 1 atom stereocenters. The third kappa shape index (κ3) is 9.13. The molecular formula is C15H30N2O5P2. The van der Waals surface area contributed by atoms with Crippen molar-refractivity contribution in [2.75, 3.05) is 27.0 Å². The van der Waals surface area contributed by atoms with Gasteiger partial charge in [0.1, 0.15) is 0 Å². The molecule has 0 aliphatic carbocycles. The summed E-state index contributed by atoms with van der Waals surface area (Å²) in [6, 6.07) is 2.55. The summed E-state index contributed by atoms with van der Waals surface area (Å²) in [6.45, 7) is 8.62. The predicted octanol–water partition coefficient (Wildman–Crippen LogP) is 4.67. The fourth-order valence-corrected chi connectivity index (χ4v) is 4.42. The lowest BCUT2D eigenvalue weighted by Crippen LogP contribution is -2.33. The van der Waals surface area contributed by atoms with Crippen LogP contribution in [0.5, 0.6) is 0 Å². The summed E-state index contributed by atoms with van der Waals surface area (Å²) < 4.78 is 35.3. The molecule has 0 saturated carbocycles. The lowest BCUT2D eigenvalue weighted by atomic mass is 10.3. The Morgan fingerprint density at radius 2 is 1.79 bits per heavy atom. The summed E-state index contributed by atoms with van der Waals surface area (Å²) in [5.41, 5.74) is 0. The van der Waals surface area contributed by atoms with E-state index in [9.17, 15) is 4.57 Å². The highest BCUT2D eigenvalue weighted by Crippen LogP contribution is 2.48. The molecule has 0 fully saturated rings. The van der Waals surface area contributed by atoms with Gasteiger partial charge < -0.3 is 18.1 Å². The first-order valence-corrected chi connectivity index (χ1v) is 10.8. The van der Waals surface area contributed by atoms with Crippen LogP contribution in [0.2, 0.25) is 0 Å². The van der Waals surface area contributed by atoms with Gasteiger partial charge in [-0.3, -0.25) is 4.57 Å². The lowest BCUT2D eigenvalue weighted by molar-refractivity contribution is 0.208. The first-order chi connectivity index (χ1) is 11.3. The average Bonchev–Trinajstić information content (AvgIpc) is 2.53. The van der Waals surface area contributed by atoms with E-state index in [1.165, 1.54) is 14.2 Å². The van der Waals surface area contributed by atoms with Crippen molar-refractivity contribution in [3.8, 4) is 6.07 Å². The van der Waals surface area contributed by atoms with Crippen molar-refractivity contribution >= 4 is 16.1 Å². The van der Waals surface area contributed by atoms with E-state index in [1.54, 1.807) is 12.3 Å². The number of rotatable bonds is 13. The van der Waals surface area contributed by atoms with E-state index in [-0.39, 0.29) is 18.2 Å². The van der Waals surface area contributed by atoms with Gasteiger partial charge in [-0.2, -0.15) is 5.26 Å². The van der Waals surface area contributed by atoms with Gasteiger partial charge in [-0.05, 0) is 40.2 Å². The van der Waals surface area contributed by atoms with Crippen molar-refractivity contribution in [1.82, 2.24) is 4.67 Å². The van der Waals surface area contributed by atoms with Crippen LogP contribution in [0.3, 0.4) is 0 Å². The van der Waals surface area contributed by atoms with Crippen molar-refractivity contribution in [2.45, 2.75) is 52.6 Å². The van der Waals surface area contributed by atoms with Crippen LogP contribution in [0.15, 0.2) is 12.3 Å². The number of allylic oxidation sites excluding steroid dienone is 1. The maximum absolute atomic E-state index is 11.9. The van der Waals surface area contributed by atoms with Crippen LogP contribution >= 0.6 is 16.1 Å². The van der Waals surface area contributed by atoms with E-state index in [0.717, 1.165) is 0 Å². The van der Waals surface area contributed by atoms with Gasteiger partial charge in [0.05, 0.1) is 31.5 Å². The molecule has 9 heteroatoms. The topological polar surface area (TPSA) is 81.0 Å². The SMILES string of the molecule is COP(=O)(CC/C=C/OP(OCCC#N)N(C(C)C)C(C)C)OC. The smallest absolute Gasteiger partial charge is 0.330 e. The fraction of sp³-hybridized carbons (Fsp3) is 0.800. The zero-order valence-electron chi connectivity index (χ0n) is 15.5. The van der Waals surface area contributed by atoms with Crippen LogP contribution in [0.4, 0.5) is 0 Å².